The molecule has 0 atom stereocenters. The number of anilines is 1. The smallest absolute Gasteiger partial charge is 0.228 e. The molecule has 5 rings (SSSR count). The molecular weight excluding hydrogens is 424 g/mol. The number of likely N-dealkylation sites (tertiary alicyclic amines) is 2. The van der Waals surface area contributed by atoms with E-state index in [1.165, 1.54) is 30.5 Å². The van der Waals surface area contributed by atoms with Gasteiger partial charge in [-0.05, 0) is 81.5 Å². The van der Waals surface area contributed by atoms with Crippen LogP contribution in [0, 0.1) is 5.92 Å². The van der Waals surface area contributed by atoms with Crippen LogP contribution in [-0.2, 0) is 18.4 Å². The van der Waals surface area contributed by atoms with Gasteiger partial charge in [-0.3, -0.25) is 14.4 Å². The molecule has 180 valence electrons. The largest absolute Gasteiger partial charge is 0.310 e. The maximum Gasteiger partial charge on any atom is 0.228 e. The molecule has 0 aliphatic carbocycles. The molecule has 7 heteroatoms. The Balaban J connectivity index is 1.34. The summed E-state index contributed by atoms with van der Waals surface area (Å²) in [5.74, 6) is 0.793. The minimum absolute atomic E-state index is 0.0689. The molecule has 0 bridgehead atoms. The van der Waals surface area contributed by atoms with Crippen molar-refractivity contribution in [2.75, 3.05) is 38.0 Å². The van der Waals surface area contributed by atoms with E-state index in [2.05, 4.69) is 50.3 Å². The first-order chi connectivity index (χ1) is 16.6. The fourth-order valence-electron chi connectivity index (χ4n) is 5.34. The minimum atomic E-state index is 0.0689. The Morgan fingerprint density at radius 3 is 2.56 bits per heavy atom. The SMILES string of the molecule is CCN1CCC(C(=O)Nc2cc3cc(-c4cnn(C)c4CN4CCCCC4)ccc3cn2)CC1. The molecule has 2 aromatic heterocycles. The van der Waals surface area contributed by atoms with Gasteiger partial charge in [0.05, 0.1) is 11.9 Å². The van der Waals surface area contributed by atoms with Crippen LogP contribution in [-0.4, -0.2) is 63.2 Å². The van der Waals surface area contributed by atoms with Crippen molar-refractivity contribution in [3.63, 3.8) is 0 Å². The van der Waals surface area contributed by atoms with Gasteiger partial charge < -0.3 is 10.2 Å². The summed E-state index contributed by atoms with van der Waals surface area (Å²) in [5.41, 5.74) is 3.59. The average Bonchev–Trinajstić information content (AvgIpc) is 3.24. The number of carbonyl (C=O) groups is 1. The van der Waals surface area contributed by atoms with E-state index in [9.17, 15) is 4.79 Å². The Kier molecular flexibility index (Phi) is 6.92. The van der Waals surface area contributed by atoms with E-state index in [0.717, 1.165) is 68.4 Å². The Morgan fingerprint density at radius 1 is 1.00 bits per heavy atom. The van der Waals surface area contributed by atoms with Crippen molar-refractivity contribution < 1.29 is 4.79 Å². The van der Waals surface area contributed by atoms with E-state index in [1.54, 1.807) is 0 Å². The number of pyridine rings is 1. The molecule has 2 aliphatic heterocycles. The maximum atomic E-state index is 12.8. The Morgan fingerprint density at radius 2 is 1.79 bits per heavy atom. The number of amides is 1. The van der Waals surface area contributed by atoms with Gasteiger partial charge in [-0.2, -0.15) is 5.10 Å². The molecule has 2 fully saturated rings. The molecule has 4 heterocycles. The molecule has 1 aromatic carbocycles. The molecule has 7 nitrogen and oxygen atoms in total. The van der Waals surface area contributed by atoms with Gasteiger partial charge in [0, 0.05) is 36.7 Å². The molecule has 1 N–H and O–H groups in total. The van der Waals surface area contributed by atoms with Crippen molar-refractivity contribution in [3.05, 3.63) is 42.4 Å². The number of fused-ring (bicyclic) bond motifs is 1. The molecule has 2 aliphatic rings. The first-order valence-electron chi connectivity index (χ1n) is 12.8. The Labute approximate surface area is 202 Å². The second-order valence-corrected chi connectivity index (χ2v) is 9.79. The number of nitrogens with one attached hydrogen (secondary N) is 1. The normalized spacial score (nSPS) is 18.4. The fraction of sp³-hybridized carbons (Fsp3) is 0.519. The van der Waals surface area contributed by atoms with E-state index >= 15 is 0 Å². The molecule has 0 unspecified atom stereocenters. The van der Waals surface area contributed by atoms with Gasteiger partial charge in [-0.15, -0.1) is 0 Å². The van der Waals surface area contributed by atoms with Crippen molar-refractivity contribution in [2.45, 2.75) is 45.6 Å². The summed E-state index contributed by atoms with van der Waals surface area (Å²) in [6.45, 7) is 8.47. The van der Waals surface area contributed by atoms with Crippen molar-refractivity contribution in [3.8, 4) is 11.1 Å². The first kappa shape index (κ1) is 23.0. The van der Waals surface area contributed by atoms with Crippen LogP contribution in [0.3, 0.4) is 0 Å². The van der Waals surface area contributed by atoms with Crippen LogP contribution in [0.5, 0.6) is 0 Å². The van der Waals surface area contributed by atoms with Crippen LogP contribution in [0.15, 0.2) is 36.7 Å². The van der Waals surface area contributed by atoms with E-state index in [4.69, 9.17) is 0 Å². The molecule has 3 aromatic rings. The molecule has 2 saturated heterocycles. The van der Waals surface area contributed by atoms with Gasteiger partial charge in [-0.25, -0.2) is 4.98 Å². The summed E-state index contributed by atoms with van der Waals surface area (Å²) in [6.07, 6.45) is 9.56. The Hall–Kier alpha value is -2.77. The van der Waals surface area contributed by atoms with E-state index in [-0.39, 0.29) is 11.8 Å². The summed E-state index contributed by atoms with van der Waals surface area (Å²) in [7, 11) is 2.03. The van der Waals surface area contributed by atoms with Crippen molar-refractivity contribution in [1.29, 1.82) is 0 Å². The van der Waals surface area contributed by atoms with E-state index in [0.29, 0.717) is 5.82 Å². The van der Waals surface area contributed by atoms with E-state index in [1.807, 2.05) is 30.2 Å². The van der Waals surface area contributed by atoms with Gasteiger partial charge >= 0.3 is 0 Å². The predicted octanol–water partition coefficient (Wildman–Crippen LogP) is 4.29. The van der Waals surface area contributed by atoms with Crippen molar-refractivity contribution in [2.24, 2.45) is 13.0 Å². The van der Waals surface area contributed by atoms with Gasteiger partial charge in [-0.1, -0.05) is 25.5 Å². The van der Waals surface area contributed by atoms with Crippen LogP contribution >= 0.6 is 0 Å². The zero-order valence-corrected chi connectivity index (χ0v) is 20.5. The highest BCUT2D eigenvalue weighted by molar-refractivity contribution is 5.95. The number of hydrogen-bond donors (Lipinski definition) is 1. The lowest BCUT2D eigenvalue weighted by Gasteiger charge is -2.30. The minimum Gasteiger partial charge on any atom is -0.310 e. The van der Waals surface area contributed by atoms with E-state index < -0.39 is 0 Å². The zero-order chi connectivity index (χ0) is 23.5. The van der Waals surface area contributed by atoms with Crippen LogP contribution in [0.1, 0.15) is 44.7 Å². The standard InChI is InChI=1S/C27H36N6O/c1-3-32-13-9-20(10-14-32)27(34)30-26-16-23-15-21(7-8-22(23)17-28-26)24-18-29-31(2)25(24)19-33-11-5-4-6-12-33/h7-8,15-18,20H,3-6,9-14,19H2,1-2H3,(H,28,30,34). The predicted molar refractivity (Wildman–Crippen MR) is 137 cm³/mol. The number of aromatic nitrogens is 3. The maximum absolute atomic E-state index is 12.8. The van der Waals surface area contributed by atoms with Crippen LogP contribution in [0.25, 0.3) is 21.9 Å². The Bertz CT molecular complexity index is 1140. The zero-order valence-electron chi connectivity index (χ0n) is 20.5. The lowest BCUT2D eigenvalue weighted by Crippen LogP contribution is -2.38. The molecule has 34 heavy (non-hydrogen) atoms. The second kappa shape index (κ2) is 10.2. The third kappa shape index (κ3) is 5.00. The molecule has 0 radical (unpaired) electrons. The van der Waals surface area contributed by atoms with Crippen LogP contribution < -0.4 is 5.32 Å². The van der Waals surface area contributed by atoms with Gasteiger partial charge in [0.25, 0.3) is 0 Å². The third-order valence-corrected chi connectivity index (χ3v) is 7.57. The second-order valence-electron chi connectivity index (χ2n) is 9.79. The summed E-state index contributed by atoms with van der Waals surface area (Å²) in [6, 6.07) is 8.46. The summed E-state index contributed by atoms with van der Waals surface area (Å²) in [4.78, 5) is 22.3. The van der Waals surface area contributed by atoms with Gasteiger partial charge in [0.1, 0.15) is 5.82 Å². The molecule has 0 spiro atoms. The van der Waals surface area contributed by atoms with Gasteiger partial charge in [0.2, 0.25) is 5.91 Å². The highest BCUT2D eigenvalue weighted by Gasteiger charge is 2.24. The highest BCUT2D eigenvalue weighted by atomic mass is 16.1. The summed E-state index contributed by atoms with van der Waals surface area (Å²) < 4.78 is 2.01. The highest BCUT2D eigenvalue weighted by Crippen LogP contribution is 2.29. The fourth-order valence-corrected chi connectivity index (χ4v) is 5.34. The lowest BCUT2D eigenvalue weighted by molar-refractivity contribution is -0.121. The third-order valence-electron chi connectivity index (χ3n) is 7.57. The number of benzene rings is 1. The number of nitrogens with zero attached hydrogens (tertiary/aromatic N) is 5. The molecule has 1 amide bonds. The summed E-state index contributed by atoms with van der Waals surface area (Å²) in [5, 5.41) is 9.80. The number of aryl methyl sites for hydroxylation is 1. The lowest BCUT2D eigenvalue weighted by atomic mass is 9.96. The number of piperidine rings is 2. The molecule has 0 saturated carbocycles. The van der Waals surface area contributed by atoms with Crippen molar-refractivity contribution in [1.82, 2.24) is 24.6 Å². The van der Waals surface area contributed by atoms with Crippen molar-refractivity contribution >= 4 is 22.5 Å². The number of carbonyl (C=O) groups excluding carboxylic acids is 1. The van der Waals surface area contributed by atoms with Crippen LogP contribution in [0.4, 0.5) is 5.82 Å². The quantitative estimate of drug-likeness (QED) is 0.594. The summed E-state index contributed by atoms with van der Waals surface area (Å²) >= 11 is 0. The average molecular weight is 461 g/mol. The molecular formula is C27H36N6O. The first-order valence-corrected chi connectivity index (χ1v) is 12.8. The van der Waals surface area contributed by atoms with Crippen LogP contribution in [0.2, 0.25) is 0 Å². The number of rotatable bonds is 6. The topological polar surface area (TPSA) is 66.3 Å². The monoisotopic (exact) mass is 460 g/mol. The number of hydrogen-bond acceptors (Lipinski definition) is 5. The van der Waals surface area contributed by atoms with Gasteiger partial charge in [0.15, 0.2) is 0 Å².